The summed E-state index contributed by atoms with van der Waals surface area (Å²) in [6.07, 6.45) is 64.3. The molecule has 0 bridgehead atoms. The van der Waals surface area contributed by atoms with Crippen molar-refractivity contribution in [2.24, 2.45) is 5.73 Å². The number of carbonyl (C=O) groups excluding carboxylic acids is 2. The molecule has 0 aliphatic heterocycles. The fourth-order valence-electron chi connectivity index (χ4n) is 8.70. The normalized spacial score (nSPS) is 13.2. The molecule has 0 aromatic rings. The van der Waals surface area contributed by atoms with Gasteiger partial charge in [0.15, 0.2) is 6.10 Å². The maximum atomic E-state index is 12.6. The van der Waals surface area contributed by atoms with Gasteiger partial charge in [-0.2, -0.15) is 0 Å². The summed E-state index contributed by atoms with van der Waals surface area (Å²) in [5, 5.41) is 0. The van der Waals surface area contributed by atoms with Crippen molar-refractivity contribution in [3.63, 3.8) is 0 Å². The summed E-state index contributed by atoms with van der Waals surface area (Å²) >= 11 is 0. The van der Waals surface area contributed by atoms with E-state index < -0.39 is 26.5 Å². The van der Waals surface area contributed by atoms with E-state index in [4.69, 9.17) is 24.3 Å². The summed E-state index contributed by atoms with van der Waals surface area (Å²) in [6.45, 7) is 3.70. The van der Waals surface area contributed by atoms with E-state index in [1.54, 1.807) is 0 Å². The molecule has 0 rings (SSSR count). The molecule has 0 aromatic heterocycles. The zero-order valence-electron chi connectivity index (χ0n) is 44.9. The third-order valence-corrected chi connectivity index (χ3v) is 14.0. The molecule has 10 heteroatoms. The van der Waals surface area contributed by atoms with E-state index in [-0.39, 0.29) is 38.6 Å². The standard InChI is InChI=1S/C58H112NO8P/c1-3-5-7-9-11-13-15-16-17-18-19-20-21-22-23-24-25-26-27-28-29-30-31-32-33-34-35-36-37-38-39-40-41-43-45-47-49-51-58(61)67-56(55-66-68(62,63)65-53-52-59)54-64-57(60)50-48-46-44-42-14-12-10-8-6-4-2/h8,10,18-19,56H,3-7,9,11-17,20-55,59H2,1-2H3,(H,62,63)/b10-8-,19-18-. The van der Waals surface area contributed by atoms with Crippen LogP contribution in [0.5, 0.6) is 0 Å². The average Bonchev–Trinajstić information content (AvgIpc) is 3.33. The first-order chi connectivity index (χ1) is 33.3. The van der Waals surface area contributed by atoms with E-state index in [9.17, 15) is 19.0 Å². The molecule has 0 amide bonds. The van der Waals surface area contributed by atoms with E-state index >= 15 is 0 Å². The second-order valence-corrected chi connectivity index (χ2v) is 21.3. The molecule has 68 heavy (non-hydrogen) atoms. The summed E-state index contributed by atoms with van der Waals surface area (Å²) < 4.78 is 32.9. The van der Waals surface area contributed by atoms with E-state index in [0.717, 1.165) is 57.8 Å². The summed E-state index contributed by atoms with van der Waals surface area (Å²) in [4.78, 5) is 34.9. The Hall–Kier alpha value is -1.51. The summed E-state index contributed by atoms with van der Waals surface area (Å²) in [5.74, 6) is -0.828. The molecule has 402 valence electrons. The van der Waals surface area contributed by atoms with Crippen LogP contribution in [0.4, 0.5) is 0 Å². The van der Waals surface area contributed by atoms with Crippen LogP contribution in [0.2, 0.25) is 0 Å². The Bertz CT molecular complexity index is 1170. The van der Waals surface area contributed by atoms with E-state index in [1.165, 1.54) is 212 Å². The van der Waals surface area contributed by atoms with Gasteiger partial charge in [-0.1, -0.05) is 256 Å². The smallest absolute Gasteiger partial charge is 0.462 e. The van der Waals surface area contributed by atoms with Gasteiger partial charge in [0.1, 0.15) is 6.61 Å². The van der Waals surface area contributed by atoms with Crippen molar-refractivity contribution >= 4 is 19.8 Å². The molecule has 2 atom stereocenters. The SMILES string of the molecule is CCC/C=C\CCCCCCCC(=O)OCC(COP(=O)(O)OCCN)OC(=O)CCCCCCCCCCCCCCCCCCCCCCCCCCC/C=C\CCCCCCCCCC. The molecule has 2 unspecified atom stereocenters. The van der Waals surface area contributed by atoms with Crippen molar-refractivity contribution in [3.05, 3.63) is 24.3 Å². The largest absolute Gasteiger partial charge is 0.472 e. The predicted octanol–water partition coefficient (Wildman–Crippen LogP) is 18.2. The Balaban J connectivity index is 3.70. The first kappa shape index (κ1) is 66.5. The Morgan fingerprint density at radius 3 is 1.10 bits per heavy atom. The van der Waals surface area contributed by atoms with Gasteiger partial charge < -0.3 is 20.1 Å². The molecule has 3 N–H and O–H groups in total. The summed E-state index contributed by atoms with van der Waals surface area (Å²) in [7, 11) is -4.38. The third kappa shape index (κ3) is 53.8. The van der Waals surface area contributed by atoms with Crippen molar-refractivity contribution in [1.82, 2.24) is 0 Å². The van der Waals surface area contributed by atoms with E-state index in [2.05, 4.69) is 38.2 Å². The van der Waals surface area contributed by atoms with Gasteiger partial charge in [-0.05, 0) is 57.8 Å². The second kappa shape index (κ2) is 54.8. The Labute approximate surface area is 421 Å². The van der Waals surface area contributed by atoms with Crippen LogP contribution in [0.3, 0.4) is 0 Å². The number of phosphoric ester groups is 1. The molecule has 0 aliphatic carbocycles. The second-order valence-electron chi connectivity index (χ2n) is 19.9. The predicted molar refractivity (Wildman–Crippen MR) is 289 cm³/mol. The Morgan fingerprint density at radius 1 is 0.426 bits per heavy atom. The molecule has 0 saturated carbocycles. The zero-order valence-corrected chi connectivity index (χ0v) is 45.8. The van der Waals surface area contributed by atoms with E-state index in [0.29, 0.717) is 6.42 Å². The van der Waals surface area contributed by atoms with Crippen LogP contribution in [0.15, 0.2) is 24.3 Å². The number of hydrogen-bond donors (Lipinski definition) is 2. The number of ether oxygens (including phenoxy) is 2. The molecule has 0 heterocycles. The highest BCUT2D eigenvalue weighted by atomic mass is 31.2. The average molecular weight is 983 g/mol. The Morgan fingerprint density at radius 2 is 0.750 bits per heavy atom. The third-order valence-electron chi connectivity index (χ3n) is 13.0. The van der Waals surface area contributed by atoms with Crippen molar-refractivity contribution in [3.8, 4) is 0 Å². The molecule has 0 spiro atoms. The number of nitrogens with two attached hydrogens (primary N) is 1. The van der Waals surface area contributed by atoms with Gasteiger partial charge in [-0.25, -0.2) is 4.57 Å². The van der Waals surface area contributed by atoms with Crippen LogP contribution < -0.4 is 5.73 Å². The Kier molecular flexibility index (Phi) is 53.6. The number of carbonyl (C=O) groups is 2. The number of phosphoric acid groups is 1. The number of allylic oxidation sites excluding steroid dienone is 4. The lowest BCUT2D eigenvalue weighted by atomic mass is 10.0. The molecule has 0 fully saturated rings. The minimum atomic E-state index is -4.38. The summed E-state index contributed by atoms with van der Waals surface area (Å²) in [6, 6.07) is 0. The van der Waals surface area contributed by atoms with Crippen LogP contribution in [-0.2, 0) is 32.7 Å². The fourth-order valence-corrected chi connectivity index (χ4v) is 9.46. The highest BCUT2D eigenvalue weighted by Crippen LogP contribution is 2.43. The monoisotopic (exact) mass is 982 g/mol. The number of hydrogen-bond acceptors (Lipinski definition) is 8. The lowest BCUT2D eigenvalue weighted by Crippen LogP contribution is -2.29. The minimum Gasteiger partial charge on any atom is -0.462 e. The van der Waals surface area contributed by atoms with Crippen LogP contribution in [0, 0.1) is 0 Å². The zero-order chi connectivity index (χ0) is 49.5. The minimum absolute atomic E-state index is 0.0546. The van der Waals surface area contributed by atoms with Crippen molar-refractivity contribution in [1.29, 1.82) is 0 Å². The van der Waals surface area contributed by atoms with Gasteiger partial charge in [-0.15, -0.1) is 0 Å². The quantitative estimate of drug-likeness (QED) is 0.0264. The molecule has 0 radical (unpaired) electrons. The molecule has 0 saturated heterocycles. The number of rotatable bonds is 56. The highest BCUT2D eigenvalue weighted by molar-refractivity contribution is 7.47. The maximum Gasteiger partial charge on any atom is 0.472 e. The van der Waals surface area contributed by atoms with Gasteiger partial charge in [0.25, 0.3) is 0 Å². The lowest BCUT2D eigenvalue weighted by molar-refractivity contribution is -0.161. The van der Waals surface area contributed by atoms with Gasteiger partial charge in [0.05, 0.1) is 13.2 Å². The van der Waals surface area contributed by atoms with Crippen molar-refractivity contribution in [2.75, 3.05) is 26.4 Å². The first-order valence-corrected chi connectivity index (χ1v) is 30.8. The van der Waals surface area contributed by atoms with Crippen LogP contribution >= 0.6 is 7.82 Å². The van der Waals surface area contributed by atoms with Gasteiger partial charge in [0.2, 0.25) is 0 Å². The maximum absolute atomic E-state index is 12.6. The molecule has 0 aromatic carbocycles. The molecule has 0 aliphatic rings. The van der Waals surface area contributed by atoms with Crippen molar-refractivity contribution < 1.29 is 37.6 Å². The first-order valence-electron chi connectivity index (χ1n) is 29.3. The summed E-state index contributed by atoms with van der Waals surface area (Å²) in [5.41, 5.74) is 5.36. The topological polar surface area (TPSA) is 134 Å². The highest BCUT2D eigenvalue weighted by Gasteiger charge is 2.26. The van der Waals surface area contributed by atoms with Crippen LogP contribution in [0.25, 0.3) is 0 Å². The fraction of sp³-hybridized carbons (Fsp3) is 0.897. The lowest BCUT2D eigenvalue weighted by Gasteiger charge is -2.19. The van der Waals surface area contributed by atoms with Gasteiger partial charge >= 0.3 is 19.8 Å². The van der Waals surface area contributed by atoms with E-state index in [1.807, 2.05) is 0 Å². The molecule has 9 nitrogen and oxygen atoms in total. The molecular weight excluding hydrogens is 870 g/mol. The van der Waals surface area contributed by atoms with Crippen LogP contribution in [0.1, 0.15) is 303 Å². The molecular formula is C58H112NO8P. The van der Waals surface area contributed by atoms with Crippen LogP contribution in [-0.4, -0.2) is 49.3 Å². The van der Waals surface area contributed by atoms with Gasteiger partial charge in [-0.3, -0.25) is 18.6 Å². The number of unbranched alkanes of at least 4 members (excludes halogenated alkanes) is 39. The number of esters is 2. The van der Waals surface area contributed by atoms with Crippen molar-refractivity contribution in [2.45, 2.75) is 309 Å². The van der Waals surface area contributed by atoms with Gasteiger partial charge in [0, 0.05) is 19.4 Å².